The number of nitrogens with one attached hydrogen (secondary N) is 1. The highest BCUT2D eigenvalue weighted by Gasteiger charge is 2.15. The van der Waals surface area contributed by atoms with Gasteiger partial charge in [0.15, 0.2) is 11.5 Å². The molecule has 2 heterocycles. The Balaban J connectivity index is 1.63. The van der Waals surface area contributed by atoms with E-state index in [9.17, 15) is 4.79 Å². The zero-order valence-electron chi connectivity index (χ0n) is 12.8. The summed E-state index contributed by atoms with van der Waals surface area (Å²) in [5, 5.41) is 6.50. The maximum Gasteiger partial charge on any atom is 0.273 e. The Hall–Kier alpha value is -2.96. The van der Waals surface area contributed by atoms with Crippen LogP contribution in [0.1, 0.15) is 42.0 Å². The molecule has 0 radical (unpaired) electrons. The summed E-state index contributed by atoms with van der Waals surface area (Å²) in [7, 11) is 0. The van der Waals surface area contributed by atoms with Crippen LogP contribution in [0.3, 0.4) is 0 Å². The zero-order chi connectivity index (χ0) is 16.2. The minimum atomic E-state index is -0.355. The van der Waals surface area contributed by atoms with Crippen molar-refractivity contribution in [2.75, 3.05) is 0 Å². The van der Waals surface area contributed by atoms with Gasteiger partial charge in [-0.25, -0.2) is 4.98 Å². The molecular formula is C16H16N4O3. The fourth-order valence-corrected chi connectivity index (χ4v) is 1.92. The number of aromatic nitrogens is 3. The van der Waals surface area contributed by atoms with Gasteiger partial charge in [0.1, 0.15) is 6.26 Å². The lowest BCUT2D eigenvalue weighted by Crippen LogP contribution is -2.23. The molecule has 1 amide bonds. The quantitative estimate of drug-likeness (QED) is 0.778. The predicted octanol–water partition coefficient (Wildman–Crippen LogP) is 2.78. The van der Waals surface area contributed by atoms with Crippen LogP contribution in [0.15, 0.2) is 45.5 Å². The van der Waals surface area contributed by atoms with Gasteiger partial charge in [-0.15, -0.1) is 0 Å². The SMILES string of the molecule is CC(C)c1nc(CNC(=O)c2coc(-c3ccccc3)n2)no1. The second kappa shape index (κ2) is 6.43. The van der Waals surface area contributed by atoms with E-state index in [1.54, 1.807) is 0 Å². The molecule has 2 aromatic heterocycles. The third-order valence-electron chi connectivity index (χ3n) is 3.14. The van der Waals surface area contributed by atoms with Crippen molar-refractivity contribution in [1.82, 2.24) is 20.4 Å². The first-order valence-corrected chi connectivity index (χ1v) is 7.25. The monoisotopic (exact) mass is 312 g/mol. The molecule has 0 aliphatic heterocycles. The molecule has 0 saturated heterocycles. The van der Waals surface area contributed by atoms with Crippen molar-refractivity contribution in [3.8, 4) is 11.5 Å². The predicted molar refractivity (Wildman–Crippen MR) is 81.5 cm³/mol. The van der Waals surface area contributed by atoms with Crippen molar-refractivity contribution < 1.29 is 13.7 Å². The van der Waals surface area contributed by atoms with E-state index < -0.39 is 0 Å². The molecule has 0 aliphatic rings. The molecule has 0 saturated carbocycles. The molecule has 23 heavy (non-hydrogen) atoms. The first kappa shape index (κ1) is 15.0. The van der Waals surface area contributed by atoms with Crippen molar-refractivity contribution in [1.29, 1.82) is 0 Å². The highest BCUT2D eigenvalue weighted by Crippen LogP contribution is 2.17. The molecule has 0 spiro atoms. The third kappa shape index (κ3) is 3.45. The average molecular weight is 312 g/mol. The number of carbonyl (C=O) groups excluding carboxylic acids is 1. The Morgan fingerprint density at radius 3 is 2.70 bits per heavy atom. The van der Waals surface area contributed by atoms with Gasteiger partial charge in [-0.3, -0.25) is 4.79 Å². The molecule has 7 heteroatoms. The van der Waals surface area contributed by atoms with Crippen molar-refractivity contribution in [3.63, 3.8) is 0 Å². The van der Waals surface area contributed by atoms with Gasteiger partial charge in [-0.1, -0.05) is 37.2 Å². The lowest BCUT2D eigenvalue weighted by atomic mass is 10.2. The van der Waals surface area contributed by atoms with Crippen LogP contribution in [0.5, 0.6) is 0 Å². The van der Waals surface area contributed by atoms with Gasteiger partial charge in [-0.2, -0.15) is 4.98 Å². The van der Waals surface area contributed by atoms with Crippen molar-refractivity contribution >= 4 is 5.91 Å². The Morgan fingerprint density at radius 1 is 1.22 bits per heavy atom. The van der Waals surface area contributed by atoms with Gasteiger partial charge in [0.25, 0.3) is 5.91 Å². The van der Waals surface area contributed by atoms with E-state index in [-0.39, 0.29) is 24.1 Å². The lowest BCUT2D eigenvalue weighted by Gasteiger charge is -1.98. The van der Waals surface area contributed by atoms with Crippen LogP contribution in [-0.2, 0) is 6.54 Å². The van der Waals surface area contributed by atoms with Gasteiger partial charge in [0, 0.05) is 11.5 Å². The molecule has 0 aliphatic carbocycles. The number of hydrogen-bond donors (Lipinski definition) is 1. The van der Waals surface area contributed by atoms with Crippen LogP contribution >= 0.6 is 0 Å². The maximum absolute atomic E-state index is 12.1. The number of amides is 1. The molecule has 0 unspecified atom stereocenters. The minimum absolute atomic E-state index is 0.149. The van der Waals surface area contributed by atoms with E-state index in [1.165, 1.54) is 6.26 Å². The molecule has 0 bridgehead atoms. The number of nitrogens with zero attached hydrogens (tertiary/aromatic N) is 3. The average Bonchev–Trinajstić information content (AvgIpc) is 3.23. The second-order valence-electron chi connectivity index (χ2n) is 5.29. The molecule has 3 aromatic rings. The Kier molecular flexibility index (Phi) is 4.18. The summed E-state index contributed by atoms with van der Waals surface area (Å²) in [6.07, 6.45) is 1.33. The van der Waals surface area contributed by atoms with Crippen LogP contribution in [0.25, 0.3) is 11.5 Å². The van der Waals surface area contributed by atoms with E-state index in [0.717, 1.165) is 5.56 Å². The lowest BCUT2D eigenvalue weighted by molar-refractivity contribution is 0.0944. The van der Waals surface area contributed by atoms with Crippen LogP contribution in [-0.4, -0.2) is 21.0 Å². The van der Waals surface area contributed by atoms with Crippen LogP contribution < -0.4 is 5.32 Å². The maximum atomic E-state index is 12.1. The Bertz CT molecular complexity index is 793. The standard InChI is InChI=1S/C16H16N4O3/c1-10(2)15-19-13(20-23-15)8-17-14(21)12-9-22-16(18-12)11-6-4-3-5-7-11/h3-7,9-10H,8H2,1-2H3,(H,17,21). The van der Waals surface area contributed by atoms with Crippen LogP contribution in [0, 0.1) is 0 Å². The Morgan fingerprint density at radius 2 is 2.00 bits per heavy atom. The van der Waals surface area contributed by atoms with Gasteiger partial charge >= 0.3 is 0 Å². The molecule has 3 rings (SSSR count). The third-order valence-corrected chi connectivity index (χ3v) is 3.14. The summed E-state index contributed by atoms with van der Waals surface area (Å²) in [5.41, 5.74) is 1.02. The number of rotatable bonds is 5. The Labute approximate surface area is 132 Å². The van der Waals surface area contributed by atoms with Crippen LogP contribution in [0.4, 0.5) is 0 Å². The fourth-order valence-electron chi connectivity index (χ4n) is 1.92. The van der Waals surface area contributed by atoms with E-state index >= 15 is 0 Å². The van der Waals surface area contributed by atoms with E-state index in [4.69, 9.17) is 8.94 Å². The minimum Gasteiger partial charge on any atom is -0.444 e. The summed E-state index contributed by atoms with van der Waals surface area (Å²) in [4.78, 5) is 20.5. The van der Waals surface area contributed by atoms with Gasteiger partial charge in [0.2, 0.25) is 11.8 Å². The highest BCUT2D eigenvalue weighted by molar-refractivity contribution is 5.92. The summed E-state index contributed by atoms with van der Waals surface area (Å²) in [6, 6.07) is 9.38. The number of oxazole rings is 1. The van der Waals surface area contributed by atoms with Gasteiger partial charge in [-0.05, 0) is 12.1 Å². The van der Waals surface area contributed by atoms with Gasteiger partial charge < -0.3 is 14.3 Å². The number of carbonyl (C=O) groups is 1. The normalized spacial score (nSPS) is 10.9. The molecule has 1 aromatic carbocycles. The molecule has 0 atom stereocenters. The van der Waals surface area contributed by atoms with E-state index in [2.05, 4.69) is 20.4 Å². The summed E-state index contributed by atoms with van der Waals surface area (Å²) < 4.78 is 10.4. The molecule has 1 N–H and O–H groups in total. The van der Waals surface area contributed by atoms with Gasteiger partial charge in [0.05, 0.1) is 6.54 Å². The highest BCUT2D eigenvalue weighted by atomic mass is 16.5. The molecule has 0 fully saturated rings. The first-order valence-electron chi connectivity index (χ1n) is 7.25. The summed E-state index contributed by atoms with van der Waals surface area (Å²) in [5.74, 6) is 1.16. The molecule has 7 nitrogen and oxygen atoms in total. The largest absolute Gasteiger partial charge is 0.444 e. The van der Waals surface area contributed by atoms with E-state index in [0.29, 0.717) is 17.6 Å². The van der Waals surface area contributed by atoms with Crippen LogP contribution in [0.2, 0.25) is 0 Å². The fraction of sp³-hybridized carbons (Fsp3) is 0.250. The number of benzene rings is 1. The molecule has 118 valence electrons. The zero-order valence-corrected chi connectivity index (χ0v) is 12.8. The molecular weight excluding hydrogens is 296 g/mol. The summed E-state index contributed by atoms with van der Waals surface area (Å²) >= 11 is 0. The van der Waals surface area contributed by atoms with Crippen molar-refractivity contribution in [2.45, 2.75) is 26.3 Å². The second-order valence-corrected chi connectivity index (χ2v) is 5.29. The van der Waals surface area contributed by atoms with Crippen molar-refractivity contribution in [3.05, 3.63) is 54.0 Å². The first-order chi connectivity index (χ1) is 11.1. The smallest absolute Gasteiger partial charge is 0.273 e. The summed E-state index contributed by atoms with van der Waals surface area (Å²) in [6.45, 7) is 4.08. The number of hydrogen-bond acceptors (Lipinski definition) is 6. The van der Waals surface area contributed by atoms with Crippen molar-refractivity contribution in [2.24, 2.45) is 0 Å². The topological polar surface area (TPSA) is 94.1 Å². The van der Waals surface area contributed by atoms with E-state index in [1.807, 2.05) is 44.2 Å².